The van der Waals surface area contributed by atoms with Gasteiger partial charge >= 0.3 is 0 Å². The van der Waals surface area contributed by atoms with E-state index in [1.54, 1.807) is 0 Å². The summed E-state index contributed by atoms with van der Waals surface area (Å²) in [5.41, 5.74) is 7.07. The van der Waals surface area contributed by atoms with Gasteiger partial charge in [0.15, 0.2) is 5.11 Å². The van der Waals surface area contributed by atoms with Gasteiger partial charge in [0.25, 0.3) is 5.91 Å². The Labute approximate surface area is 151 Å². The van der Waals surface area contributed by atoms with Crippen molar-refractivity contribution in [3.63, 3.8) is 0 Å². The molecule has 0 aliphatic heterocycles. The number of rotatable bonds is 3. The van der Waals surface area contributed by atoms with Gasteiger partial charge in [0.2, 0.25) is 0 Å². The summed E-state index contributed by atoms with van der Waals surface area (Å²) in [4.78, 5) is 12.0. The van der Waals surface area contributed by atoms with Crippen LogP contribution >= 0.6 is 23.8 Å². The van der Waals surface area contributed by atoms with Gasteiger partial charge in [-0.15, -0.1) is 0 Å². The molecule has 126 valence electrons. The van der Waals surface area contributed by atoms with Gasteiger partial charge in [-0.25, -0.2) is 0 Å². The van der Waals surface area contributed by atoms with Gasteiger partial charge in [-0.05, 0) is 54.0 Å². The van der Waals surface area contributed by atoms with Gasteiger partial charge in [0.1, 0.15) is 5.75 Å². The number of halogens is 1. The molecule has 0 unspecified atom stereocenters. The van der Waals surface area contributed by atoms with Crippen molar-refractivity contribution in [2.75, 3.05) is 5.32 Å². The average Bonchev–Trinajstić information content (AvgIpc) is 2.55. The lowest BCUT2D eigenvalue weighted by atomic mass is 10.0. The van der Waals surface area contributed by atoms with Crippen LogP contribution in [0.15, 0.2) is 42.5 Å². The number of hydrazine groups is 1. The van der Waals surface area contributed by atoms with Crippen molar-refractivity contribution in [3.05, 3.63) is 58.6 Å². The summed E-state index contributed by atoms with van der Waals surface area (Å²) < 4.78 is 0. The summed E-state index contributed by atoms with van der Waals surface area (Å²) in [5.74, 6) is -0.259. The molecule has 7 heteroatoms. The molecule has 24 heavy (non-hydrogen) atoms. The summed E-state index contributed by atoms with van der Waals surface area (Å²) >= 11 is 10.9. The number of hydrogen-bond acceptors (Lipinski definition) is 3. The number of phenolic OH excluding ortho intramolecular Hbond substituents is 1. The molecule has 0 saturated heterocycles. The Morgan fingerprint density at radius 1 is 1.12 bits per heavy atom. The number of nitrogens with one attached hydrogen (secondary N) is 3. The molecule has 0 aliphatic carbocycles. The van der Waals surface area contributed by atoms with Crippen LogP contribution in [0.4, 0.5) is 5.69 Å². The summed E-state index contributed by atoms with van der Waals surface area (Å²) in [6, 6.07) is 12.1. The molecular weight excluding hydrogens is 346 g/mol. The number of carbonyl (C=O) groups is 1. The molecule has 0 aromatic heterocycles. The van der Waals surface area contributed by atoms with Crippen LogP contribution in [0, 0.1) is 0 Å². The molecule has 0 fully saturated rings. The number of phenols is 1. The molecule has 0 spiro atoms. The second-order valence-corrected chi connectivity index (χ2v) is 6.32. The molecule has 0 aliphatic rings. The predicted octanol–water partition coefficient (Wildman–Crippen LogP) is 3.80. The second-order valence-electron chi connectivity index (χ2n) is 5.47. The fraction of sp³-hybridized carbons (Fsp3) is 0.176. The van der Waals surface area contributed by atoms with Crippen LogP contribution in [0.3, 0.4) is 0 Å². The minimum Gasteiger partial charge on any atom is -0.507 e. The van der Waals surface area contributed by atoms with E-state index in [9.17, 15) is 9.90 Å². The molecule has 0 radical (unpaired) electrons. The fourth-order valence-corrected chi connectivity index (χ4v) is 2.33. The zero-order valence-electron chi connectivity index (χ0n) is 13.3. The van der Waals surface area contributed by atoms with E-state index in [1.807, 2.05) is 24.3 Å². The number of hydrogen-bond donors (Lipinski definition) is 4. The zero-order valence-corrected chi connectivity index (χ0v) is 14.8. The minimum absolute atomic E-state index is 0.0547. The summed E-state index contributed by atoms with van der Waals surface area (Å²) in [6.07, 6.45) is 0. The number of benzene rings is 2. The Bertz CT molecular complexity index is 748. The number of aromatic hydroxyl groups is 1. The van der Waals surface area contributed by atoms with Gasteiger partial charge in [-0.3, -0.25) is 15.6 Å². The zero-order chi connectivity index (χ0) is 17.7. The lowest BCUT2D eigenvalue weighted by molar-refractivity contribution is 0.0941. The third-order valence-corrected chi connectivity index (χ3v) is 3.77. The fourth-order valence-electron chi connectivity index (χ4n) is 1.98. The highest BCUT2D eigenvalue weighted by Gasteiger charge is 2.11. The Hall–Kier alpha value is -2.31. The first-order valence-corrected chi connectivity index (χ1v) is 8.11. The first kappa shape index (κ1) is 18.0. The molecule has 0 atom stereocenters. The second kappa shape index (κ2) is 7.99. The Kier molecular flexibility index (Phi) is 6.00. The van der Waals surface area contributed by atoms with E-state index in [0.29, 0.717) is 10.9 Å². The maximum Gasteiger partial charge on any atom is 0.273 e. The Balaban J connectivity index is 1.90. The highest BCUT2D eigenvalue weighted by atomic mass is 35.5. The lowest BCUT2D eigenvalue weighted by Gasteiger charge is -2.13. The van der Waals surface area contributed by atoms with Crippen molar-refractivity contribution in [3.8, 4) is 5.75 Å². The van der Waals surface area contributed by atoms with E-state index < -0.39 is 5.91 Å². The van der Waals surface area contributed by atoms with E-state index in [-0.39, 0.29) is 16.4 Å². The van der Waals surface area contributed by atoms with E-state index in [4.69, 9.17) is 23.8 Å². The number of anilines is 1. The van der Waals surface area contributed by atoms with Gasteiger partial charge in [-0.1, -0.05) is 37.6 Å². The third-order valence-electron chi connectivity index (χ3n) is 3.33. The number of thiocarbonyl (C=S) groups is 1. The molecule has 0 saturated carbocycles. The highest BCUT2D eigenvalue weighted by molar-refractivity contribution is 7.80. The number of carbonyl (C=O) groups excluding carboxylic acids is 1. The van der Waals surface area contributed by atoms with Crippen molar-refractivity contribution < 1.29 is 9.90 Å². The molecule has 2 aromatic carbocycles. The van der Waals surface area contributed by atoms with E-state index in [0.717, 1.165) is 5.69 Å². The monoisotopic (exact) mass is 363 g/mol. The first-order chi connectivity index (χ1) is 11.4. The maximum atomic E-state index is 12.0. The normalized spacial score (nSPS) is 10.3. The molecule has 0 heterocycles. The molecule has 2 rings (SSSR count). The van der Waals surface area contributed by atoms with Crippen LogP contribution in [-0.4, -0.2) is 16.1 Å². The van der Waals surface area contributed by atoms with Crippen molar-refractivity contribution in [2.24, 2.45) is 0 Å². The summed E-state index contributed by atoms with van der Waals surface area (Å²) in [5, 5.41) is 13.2. The van der Waals surface area contributed by atoms with Gasteiger partial charge in [0, 0.05) is 10.7 Å². The largest absolute Gasteiger partial charge is 0.507 e. The van der Waals surface area contributed by atoms with Crippen LogP contribution in [0.5, 0.6) is 5.75 Å². The van der Waals surface area contributed by atoms with Crippen molar-refractivity contribution in [2.45, 2.75) is 19.8 Å². The van der Waals surface area contributed by atoms with Crippen molar-refractivity contribution >= 4 is 40.5 Å². The van der Waals surface area contributed by atoms with Gasteiger partial charge in [0.05, 0.1) is 5.56 Å². The molecule has 5 nitrogen and oxygen atoms in total. The highest BCUT2D eigenvalue weighted by Crippen LogP contribution is 2.21. The Morgan fingerprint density at radius 3 is 2.42 bits per heavy atom. The van der Waals surface area contributed by atoms with Crippen LogP contribution in [0.25, 0.3) is 0 Å². The summed E-state index contributed by atoms with van der Waals surface area (Å²) in [6.45, 7) is 4.24. The quantitative estimate of drug-likeness (QED) is 0.493. The molecule has 0 bridgehead atoms. The molecule has 4 N–H and O–H groups in total. The van der Waals surface area contributed by atoms with Crippen LogP contribution < -0.4 is 16.2 Å². The van der Waals surface area contributed by atoms with Crippen molar-refractivity contribution in [1.29, 1.82) is 0 Å². The van der Waals surface area contributed by atoms with Gasteiger partial charge in [-0.2, -0.15) is 0 Å². The van der Waals surface area contributed by atoms with Crippen LogP contribution in [0.1, 0.15) is 35.7 Å². The van der Waals surface area contributed by atoms with E-state index in [1.165, 1.54) is 23.8 Å². The van der Waals surface area contributed by atoms with Crippen LogP contribution in [0.2, 0.25) is 5.02 Å². The first-order valence-electron chi connectivity index (χ1n) is 7.32. The van der Waals surface area contributed by atoms with Crippen molar-refractivity contribution in [1.82, 2.24) is 10.9 Å². The van der Waals surface area contributed by atoms with E-state index in [2.05, 4.69) is 30.0 Å². The maximum absolute atomic E-state index is 12.0. The van der Waals surface area contributed by atoms with E-state index >= 15 is 0 Å². The molecule has 1 amide bonds. The predicted molar refractivity (Wildman–Crippen MR) is 100 cm³/mol. The summed E-state index contributed by atoms with van der Waals surface area (Å²) in [7, 11) is 0. The smallest absolute Gasteiger partial charge is 0.273 e. The molecular formula is C17H18ClN3O2S. The van der Waals surface area contributed by atoms with Crippen LogP contribution in [-0.2, 0) is 0 Å². The third kappa shape index (κ3) is 4.84. The Morgan fingerprint density at radius 2 is 1.79 bits per heavy atom. The lowest BCUT2D eigenvalue weighted by Crippen LogP contribution is -2.43. The average molecular weight is 364 g/mol. The SMILES string of the molecule is CC(C)c1ccc(NC(=S)NNC(=O)c2cc(Cl)ccc2O)cc1. The topological polar surface area (TPSA) is 73.4 Å². The van der Waals surface area contributed by atoms with Gasteiger partial charge < -0.3 is 10.4 Å². The standard InChI is InChI=1S/C17H18ClN3O2S/c1-10(2)11-3-6-13(7-4-11)19-17(24)21-20-16(23)14-9-12(18)5-8-15(14)22/h3-10,22H,1-2H3,(H,20,23)(H2,19,21,24). The number of amides is 1. The molecule has 2 aromatic rings. The minimum atomic E-state index is -0.547.